The molecule has 0 aliphatic carbocycles. The van der Waals surface area contributed by atoms with Gasteiger partial charge >= 0.3 is 0 Å². The molecule has 4 rings (SSSR count). The summed E-state index contributed by atoms with van der Waals surface area (Å²) in [5, 5.41) is 12.0. The zero-order chi connectivity index (χ0) is 17.4. The van der Waals surface area contributed by atoms with E-state index in [0.29, 0.717) is 23.4 Å². The largest absolute Gasteiger partial charge is 0.322 e. The van der Waals surface area contributed by atoms with Crippen molar-refractivity contribution in [3.8, 4) is 11.1 Å². The van der Waals surface area contributed by atoms with Gasteiger partial charge in [-0.15, -0.1) is 11.3 Å². The predicted octanol–water partition coefficient (Wildman–Crippen LogP) is 4.09. The van der Waals surface area contributed by atoms with E-state index in [2.05, 4.69) is 25.5 Å². The Balaban J connectivity index is 1.86. The van der Waals surface area contributed by atoms with Crippen LogP contribution in [-0.4, -0.2) is 26.5 Å². The minimum atomic E-state index is -0.303. The Morgan fingerprint density at radius 2 is 2.04 bits per heavy atom. The summed E-state index contributed by atoms with van der Waals surface area (Å²) in [6.45, 7) is 1.89. The van der Waals surface area contributed by atoms with Crippen molar-refractivity contribution < 1.29 is 9.18 Å². The van der Waals surface area contributed by atoms with Gasteiger partial charge in [-0.05, 0) is 24.6 Å². The number of hydrogen-bond donors (Lipinski definition) is 2. The number of aldehydes is 1. The maximum Gasteiger partial charge on any atom is 0.195 e. The van der Waals surface area contributed by atoms with E-state index in [0.717, 1.165) is 21.5 Å². The van der Waals surface area contributed by atoms with Crippen molar-refractivity contribution in [1.82, 2.24) is 20.2 Å². The van der Waals surface area contributed by atoms with Gasteiger partial charge in [-0.25, -0.2) is 14.4 Å². The number of fused-ring (bicyclic) bond motifs is 1. The van der Waals surface area contributed by atoms with Crippen LogP contribution in [0.2, 0.25) is 0 Å². The van der Waals surface area contributed by atoms with Crippen molar-refractivity contribution in [2.45, 2.75) is 6.92 Å². The highest BCUT2D eigenvalue weighted by Gasteiger charge is 2.15. The molecule has 0 spiro atoms. The maximum atomic E-state index is 13.2. The molecule has 8 heteroatoms. The molecule has 2 N–H and O–H groups in total. The number of nitrogens with zero attached hydrogens (tertiary/aromatic N) is 3. The van der Waals surface area contributed by atoms with Gasteiger partial charge in [0.05, 0.1) is 10.2 Å². The van der Waals surface area contributed by atoms with Crippen molar-refractivity contribution in [3.63, 3.8) is 0 Å². The summed E-state index contributed by atoms with van der Waals surface area (Å²) in [4.78, 5) is 19.8. The number of carbonyl (C=O) groups is 1. The lowest BCUT2D eigenvalue weighted by molar-refractivity contribution is 0.111. The Hall–Kier alpha value is -3.13. The summed E-state index contributed by atoms with van der Waals surface area (Å²) >= 11 is 1.45. The molecular weight excluding hydrogens is 341 g/mol. The Bertz CT molecular complexity index is 1070. The Morgan fingerprint density at radius 3 is 2.72 bits per heavy atom. The first-order valence-corrected chi connectivity index (χ1v) is 8.31. The van der Waals surface area contributed by atoms with Gasteiger partial charge in [0.25, 0.3) is 0 Å². The van der Waals surface area contributed by atoms with Gasteiger partial charge in [0.1, 0.15) is 5.82 Å². The van der Waals surface area contributed by atoms with E-state index in [-0.39, 0.29) is 11.6 Å². The number of thiophene rings is 1. The number of benzene rings is 1. The van der Waals surface area contributed by atoms with Crippen LogP contribution >= 0.6 is 11.3 Å². The zero-order valence-electron chi connectivity index (χ0n) is 13.1. The summed E-state index contributed by atoms with van der Waals surface area (Å²) in [6, 6.07) is 8.00. The van der Waals surface area contributed by atoms with Crippen molar-refractivity contribution >= 4 is 39.5 Å². The first-order chi connectivity index (χ1) is 12.1. The number of rotatable bonds is 4. The molecule has 0 fully saturated rings. The molecule has 0 saturated heterocycles. The van der Waals surface area contributed by atoms with E-state index in [1.165, 1.54) is 23.5 Å². The van der Waals surface area contributed by atoms with Crippen LogP contribution < -0.4 is 5.32 Å². The molecule has 0 bridgehead atoms. The summed E-state index contributed by atoms with van der Waals surface area (Å²) in [7, 11) is 0. The fourth-order valence-corrected chi connectivity index (χ4v) is 3.47. The van der Waals surface area contributed by atoms with Gasteiger partial charge < -0.3 is 5.32 Å². The lowest BCUT2D eigenvalue weighted by atomic mass is 10.1. The van der Waals surface area contributed by atoms with Gasteiger partial charge in [0.15, 0.2) is 23.7 Å². The molecule has 0 unspecified atom stereocenters. The molecular formula is C17H12FN5OS. The standard InChI is InChI=1S/C17H12FN5OS/c1-9-6-13(23-22-9)20-17-16-15(19-14(7-24)21-17)12(8-25-16)10-2-4-11(18)5-3-10/h2-8H,1H3,(H2,19,20,21,22,23). The number of hydrogen-bond acceptors (Lipinski definition) is 6. The summed E-state index contributed by atoms with van der Waals surface area (Å²) in [5.74, 6) is 0.884. The van der Waals surface area contributed by atoms with Crippen molar-refractivity contribution in [1.29, 1.82) is 0 Å². The Kier molecular flexibility index (Phi) is 3.73. The predicted molar refractivity (Wildman–Crippen MR) is 94.8 cm³/mol. The lowest BCUT2D eigenvalue weighted by Crippen LogP contribution is -2.00. The maximum absolute atomic E-state index is 13.2. The van der Waals surface area contributed by atoms with Crippen LogP contribution in [0.5, 0.6) is 0 Å². The molecule has 4 aromatic rings. The van der Waals surface area contributed by atoms with Gasteiger partial charge in [-0.2, -0.15) is 5.10 Å². The molecule has 0 aliphatic rings. The first-order valence-electron chi connectivity index (χ1n) is 7.43. The molecule has 25 heavy (non-hydrogen) atoms. The highest BCUT2D eigenvalue weighted by Crippen LogP contribution is 2.36. The number of halogens is 1. The van der Waals surface area contributed by atoms with Crippen LogP contribution in [0.3, 0.4) is 0 Å². The van der Waals surface area contributed by atoms with E-state index >= 15 is 0 Å². The molecule has 0 amide bonds. The second kappa shape index (κ2) is 6.06. The molecule has 3 aromatic heterocycles. The van der Waals surface area contributed by atoms with E-state index in [1.807, 2.05) is 18.4 Å². The highest BCUT2D eigenvalue weighted by molar-refractivity contribution is 7.18. The summed E-state index contributed by atoms with van der Waals surface area (Å²) < 4.78 is 14.0. The van der Waals surface area contributed by atoms with Gasteiger partial charge in [-0.1, -0.05) is 12.1 Å². The third kappa shape index (κ3) is 2.87. The van der Waals surface area contributed by atoms with Crippen LogP contribution in [-0.2, 0) is 0 Å². The molecule has 0 atom stereocenters. The number of nitrogens with one attached hydrogen (secondary N) is 2. The van der Waals surface area contributed by atoms with Crippen LogP contribution in [0.25, 0.3) is 21.3 Å². The minimum Gasteiger partial charge on any atom is -0.322 e. The monoisotopic (exact) mass is 353 g/mol. The van der Waals surface area contributed by atoms with Gasteiger partial charge in [0.2, 0.25) is 0 Å². The molecule has 1 aromatic carbocycles. The summed E-state index contributed by atoms with van der Waals surface area (Å²) in [5.41, 5.74) is 3.20. The van der Waals surface area contributed by atoms with Crippen molar-refractivity contribution in [3.05, 3.63) is 53.0 Å². The SMILES string of the molecule is Cc1cc(Nc2nc(C=O)nc3c(-c4ccc(F)cc4)csc23)n[nH]1. The highest BCUT2D eigenvalue weighted by atomic mass is 32.1. The van der Waals surface area contributed by atoms with Crippen molar-refractivity contribution in [2.75, 3.05) is 5.32 Å². The molecule has 6 nitrogen and oxygen atoms in total. The van der Waals surface area contributed by atoms with E-state index in [4.69, 9.17) is 0 Å². The molecule has 0 radical (unpaired) electrons. The molecule has 3 heterocycles. The second-order valence-electron chi connectivity index (χ2n) is 5.44. The minimum absolute atomic E-state index is 0.0732. The molecule has 124 valence electrons. The molecule has 0 aliphatic heterocycles. The average Bonchev–Trinajstić information content (AvgIpc) is 3.22. The molecule has 0 saturated carbocycles. The third-order valence-corrected chi connectivity index (χ3v) is 4.62. The lowest BCUT2D eigenvalue weighted by Gasteiger charge is -2.05. The fraction of sp³-hybridized carbons (Fsp3) is 0.0588. The topological polar surface area (TPSA) is 83.6 Å². The second-order valence-corrected chi connectivity index (χ2v) is 6.32. The van der Waals surface area contributed by atoms with E-state index < -0.39 is 0 Å². The zero-order valence-corrected chi connectivity index (χ0v) is 13.9. The van der Waals surface area contributed by atoms with Crippen LogP contribution in [0.1, 0.15) is 16.3 Å². The van der Waals surface area contributed by atoms with Crippen molar-refractivity contribution in [2.24, 2.45) is 0 Å². The first kappa shape index (κ1) is 15.4. The Morgan fingerprint density at radius 1 is 1.24 bits per heavy atom. The number of H-pyrrole nitrogens is 1. The van der Waals surface area contributed by atoms with E-state index in [9.17, 15) is 9.18 Å². The summed E-state index contributed by atoms with van der Waals surface area (Å²) in [6.07, 6.45) is 0.604. The number of aromatic amines is 1. The van der Waals surface area contributed by atoms with E-state index in [1.54, 1.807) is 12.1 Å². The van der Waals surface area contributed by atoms with Crippen LogP contribution in [0, 0.1) is 12.7 Å². The van der Waals surface area contributed by atoms with Crippen LogP contribution in [0.15, 0.2) is 35.7 Å². The number of aromatic nitrogens is 4. The number of aryl methyl sites for hydroxylation is 1. The number of anilines is 2. The average molecular weight is 353 g/mol. The quantitative estimate of drug-likeness (QED) is 0.540. The normalized spacial score (nSPS) is 11.0. The van der Waals surface area contributed by atoms with Gasteiger partial charge in [-0.3, -0.25) is 9.89 Å². The van der Waals surface area contributed by atoms with Gasteiger partial charge in [0, 0.05) is 22.7 Å². The van der Waals surface area contributed by atoms with Crippen LogP contribution in [0.4, 0.5) is 16.0 Å². The third-order valence-electron chi connectivity index (χ3n) is 3.65. The number of carbonyl (C=O) groups excluding carboxylic acids is 1. The smallest absolute Gasteiger partial charge is 0.195 e. The Labute approximate surface area is 145 Å². The fourth-order valence-electron chi connectivity index (χ4n) is 2.51.